The summed E-state index contributed by atoms with van der Waals surface area (Å²) in [7, 11) is 0. The fraction of sp³-hybridized carbons (Fsp3) is 0.462. The second-order valence-corrected chi connectivity index (χ2v) is 4.72. The molecule has 0 radical (unpaired) electrons. The monoisotopic (exact) mass is 300 g/mol. The molecular formula is C13H17BrO3. The summed E-state index contributed by atoms with van der Waals surface area (Å²) in [6.45, 7) is 4.12. The summed E-state index contributed by atoms with van der Waals surface area (Å²) in [5.74, 6) is -0.264. The highest BCUT2D eigenvalue weighted by Crippen LogP contribution is 2.23. The van der Waals surface area contributed by atoms with E-state index in [1.165, 1.54) is 0 Å². The minimum atomic E-state index is -0.619. The molecule has 1 unspecified atom stereocenters. The van der Waals surface area contributed by atoms with Crippen LogP contribution in [0, 0.1) is 6.92 Å². The van der Waals surface area contributed by atoms with Gasteiger partial charge in [-0.25, -0.2) is 0 Å². The molecule has 0 saturated carbocycles. The molecule has 3 nitrogen and oxygen atoms in total. The zero-order chi connectivity index (χ0) is 12.8. The van der Waals surface area contributed by atoms with Gasteiger partial charge in [0.2, 0.25) is 0 Å². The highest BCUT2D eigenvalue weighted by atomic mass is 79.9. The van der Waals surface area contributed by atoms with Crippen LogP contribution in [0.15, 0.2) is 22.7 Å². The zero-order valence-corrected chi connectivity index (χ0v) is 11.7. The van der Waals surface area contributed by atoms with Crippen LogP contribution in [0.25, 0.3) is 0 Å². The summed E-state index contributed by atoms with van der Waals surface area (Å²) in [6, 6.07) is 5.67. The number of hydrogen-bond acceptors (Lipinski definition) is 3. The molecule has 17 heavy (non-hydrogen) atoms. The molecule has 0 amide bonds. The SMILES string of the molecule is CCOC(=O)CCC(O)c1ccc(Br)c(C)c1. The molecule has 0 heterocycles. The molecule has 0 spiro atoms. The van der Waals surface area contributed by atoms with Crippen molar-refractivity contribution in [2.75, 3.05) is 6.61 Å². The molecule has 0 fully saturated rings. The minimum Gasteiger partial charge on any atom is -0.466 e. The Morgan fingerprint density at radius 3 is 2.82 bits per heavy atom. The highest BCUT2D eigenvalue weighted by molar-refractivity contribution is 9.10. The third-order valence-electron chi connectivity index (χ3n) is 2.49. The number of aliphatic hydroxyl groups excluding tert-OH is 1. The quantitative estimate of drug-likeness (QED) is 0.850. The molecule has 0 saturated heterocycles. The van der Waals surface area contributed by atoms with Crippen molar-refractivity contribution in [1.82, 2.24) is 0 Å². The number of carbonyl (C=O) groups is 1. The van der Waals surface area contributed by atoms with E-state index in [0.717, 1.165) is 15.6 Å². The first-order chi connectivity index (χ1) is 8.04. The molecule has 0 bridgehead atoms. The number of esters is 1. The van der Waals surface area contributed by atoms with Crippen LogP contribution in [0.1, 0.15) is 37.0 Å². The number of ether oxygens (including phenoxy) is 1. The summed E-state index contributed by atoms with van der Waals surface area (Å²) in [5, 5.41) is 9.93. The Balaban J connectivity index is 2.54. The molecule has 1 rings (SSSR count). The second-order valence-electron chi connectivity index (χ2n) is 3.87. The predicted octanol–water partition coefficient (Wildman–Crippen LogP) is 3.13. The number of hydrogen-bond donors (Lipinski definition) is 1. The van der Waals surface area contributed by atoms with Gasteiger partial charge in [0.05, 0.1) is 12.7 Å². The predicted molar refractivity (Wildman–Crippen MR) is 69.7 cm³/mol. The Kier molecular flexibility index (Phi) is 5.65. The topological polar surface area (TPSA) is 46.5 Å². The van der Waals surface area contributed by atoms with Crippen molar-refractivity contribution in [3.05, 3.63) is 33.8 Å². The van der Waals surface area contributed by atoms with Crippen molar-refractivity contribution in [3.63, 3.8) is 0 Å². The number of benzene rings is 1. The van der Waals surface area contributed by atoms with Gasteiger partial charge in [-0.15, -0.1) is 0 Å². The zero-order valence-electron chi connectivity index (χ0n) is 10.1. The van der Waals surface area contributed by atoms with Crippen LogP contribution >= 0.6 is 15.9 Å². The molecule has 0 aliphatic carbocycles. The summed E-state index contributed by atoms with van der Waals surface area (Å²) in [5.41, 5.74) is 1.90. The summed E-state index contributed by atoms with van der Waals surface area (Å²) in [6.07, 6.45) is 0.00974. The van der Waals surface area contributed by atoms with Crippen molar-refractivity contribution in [3.8, 4) is 0 Å². The maximum absolute atomic E-state index is 11.2. The van der Waals surface area contributed by atoms with Crippen molar-refractivity contribution >= 4 is 21.9 Å². The van der Waals surface area contributed by atoms with Crippen LogP contribution in [0.4, 0.5) is 0 Å². The van der Waals surface area contributed by atoms with E-state index >= 15 is 0 Å². The van der Waals surface area contributed by atoms with E-state index < -0.39 is 6.10 Å². The lowest BCUT2D eigenvalue weighted by Crippen LogP contribution is -2.07. The van der Waals surface area contributed by atoms with Crippen LogP contribution in [-0.2, 0) is 9.53 Å². The van der Waals surface area contributed by atoms with Gasteiger partial charge in [-0.3, -0.25) is 4.79 Å². The summed E-state index contributed by atoms with van der Waals surface area (Å²) < 4.78 is 5.83. The van der Waals surface area contributed by atoms with Crippen molar-refractivity contribution in [2.45, 2.75) is 32.8 Å². The van der Waals surface area contributed by atoms with Gasteiger partial charge >= 0.3 is 5.97 Å². The van der Waals surface area contributed by atoms with Crippen molar-refractivity contribution in [1.29, 1.82) is 0 Å². The summed E-state index contributed by atoms with van der Waals surface area (Å²) >= 11 is 3.41. The minimum absolute atomic E-state index is 0.240. The Bertz CT molecular complexity index is 390. The smallest absolute Gasteiger partial charge is 0.305 e. The average molecular weight is 301 g/mol. The Labute approximate surface area is 110 Å². The first kappa shape index (κ1) is 14.2. The van der Waals surface area contributed by atoms with E-state index in [1.54, 1.807) is 6.92 Å². The molecule has 1 aromatic carbocycles. The van der Waals surface area contributed by atoms with E-state index in [9.17, 15) is 9.90 Å². The van der Waals surface area contributed by atoms with E-state index in [-0.39, 0.29) is 12.4 Å². The van der Waals surface area contributed by atoms with E-state index in [2.05, 4.69) is 15.9 Å². The van der Waals surface area contributed by atoms with Gasteiger partial charge in [0.1, 0.15) is 0 Å². The Morgan fingerprint density at radius 1 is 1.53 bits per heavy atom. The first-order valence-electron chi connectivity index (χ1n) is 5.64. The van der Waals surface area contributed by atoms with Gasteiger partial charge in [-0.2, -0.15) is 0 Å². The fourth-order valence-electron chi connectivity index (χ4n) is 1.53. The van der Waals surface area contributed by atoms with E-state index in [1.807, 2.05) is 25.1 Å². The number of aryl methyl sites for hydroxylation is 1. The molecule has 1 N–H and O–H groups in total. The molecule has 1 aromatic rings. The van der Waals surface area contributed by atoms with E-state index in [0.29, 0.717) is 13.0 Å². The lowest BCUT2D eigenvalue weighted by molar-refractivity contribution is -0.143. The Hall–Kier alpha value is -0.870. The molecular weight excluding hydrogens is 284 g/mol. The fourth-order valence-corrected chi connectivity index (χ4v) is 1.78. The third-order valence-corrected chi connectivity index (χ3v) is 3.38. The van der Waals surface area contributed by atoms with Gasteiger partial charge in [0.15, 0.2) is 0 Å². The second kappa shape index (κ2) is 6.77. The normalized spacial score (nSPS) is 12.2. The van der Waals surface area contributed by atoms with Crippen molar-refractivity contribution < 1.29 is 14.6 Å². The van der Waals surface area contributed by atoms with Gasteiger partial charge in [0.25, 0.3) is 0 Å². The van der Waals surface area contributed by atoms with Crippen LogP contribution in [0.3, 0.4) is 0 Å². The van der Waals surface area contributed by atoms with Gasteiger partial charge < -0.3 is 9.84 Å². The van der Waals surface area contributed by atoms with E-state index in [4.69, 9.17) is 4.74 Å². The number of rotatable bonds is 5. The van der Waals surface area contributed by atoms with Crippen LogP contribution in [0.5, 0.6) is 0 Å². The largest absolute Gasteiger partial charge is 0.466 e. The number of halogens is 1. The molecule has 0 aliphatic rings. The van der Waals surface area contributed by atoms with Gasteiger partial charge in [0, 0.05) is 10.9 Å². The standard InChI is InChI=1S/C13H17BrO3/c1-3-17-13(16)7-6-12(15)10-4-5-11(14)9(2)8-10/h4-5,8,12,15H,3,6-7H2,1-2H3. The molecule has 0 aliphatic heterocycles. The van der Waals surface area contributed by atoms with Crippen molar-refractivity contribution in [2.24, 2.45) is 0 Å². The number of aliphatic hydroxyl groups is 1. The van der Waals surface area contributed by atoms with Crippen LogP contribution in [-0.4, -0.2) is 17.7 Å². The number of carbonyl (C=O) groups excluding carboxylic acids is 1. The summed E-state index contributed by atoms with van der Waals surface area (Å²) in [4.78, 5) is 11.2. The molecule has 94 valence electrons. The van der Waals surface area contributed by atoms with Gasteiger partial charge in [-0.1, -0.05) is 28.1 Å². The average Bonchev–Trinajstić information content (AvgIpc) is 2.30. The van der Waals surface area contributed by atoms with Crippen LogP contribution in [0.2, 0.25) is 0 Å². The third kappa shape index (κ3) is 4.48. The van der Waals surface area contributed by atoms with Crippen LogP contribution < -0.4 is 0 Å². The Morgan fingerprint density at radius 2 is 2.24 bits per heavy atom. The lowest BCUT2D eigenvalue weighted by atomic mass is 10.0. The molecule has 0 aromatic heterocycles. The maximum Gasteiger partial charge on any atom is 0.305 e. The highest BCUT2D eigenvalue weighted by Gasteiger charge is 2.11. The first-order valence-corrected chi connectivity index (χ1v) is 6.43. The molecule has 4 heteroatoms. The lowest BCUT2D eigenvalue weighted by Gasteiger charge is -2.11. The maximum atomic E-state index is 11.2. The molecule has 1 atom stereocenters. The van der Waals surface area contributed by atoms with Gasteiger partial charge in [-0.05, 0) is 37.5 Å².